The number of nitrogens with zero attached hydrogens (tertiary/aromatic N) is 2. The minimum atomic E-state index is -0.453. The fraction of sp³-hybridized carbons (Fsp3) is 0.889. The summed E-state index contributed by atoms with van der Waals surface area (Å²) in [4.78, 5) is 28.5. The lowest BCUT2D eigenvalue weighted by Gasteiger charge is -2.37. The number of amides is 2. The van der Waals surface area contributed by atoms with Crippen LogP contribution in [0.25, 0.3) is 0 Å². The van der Waals surface area contributed by atoms with Gasteiger partial charge in [0, 0.05) is 32.1 Å². The molecule has 0 aromatic heterocycles. The van der Waals surface area contributed by atoms with Crippen molar-refractivity contribution in [3.63, 3.8) is 0 Å². The maximum absolute atomic E-state index is 12.6. The van der Waals surface area contributed by atoms with Gasteiger partial charge in [-0.3, -0.25) is 4.79 Å². The van der Waals surface area contributed by atoms with Gasteiger partial charge in [-0.05, 0) is 58.8 Å². The monoisotopic (exact) mass is 324 g/mol. The topological polar surface area (TPSA) is 49.9 Å². The number of piperidine rings is 2. The van der Waals surface area contributed by atoms with E-state index in [4.69, 9.17) is 4.74 Å². The number of hydrogen-bond donors (Lipinski definition) is 0. The van der Waals surface area contributed by atoms with Crippen molar-refractivity contribution < 1.29 is 14.3 Å². The second-order valence-corrected chi connectivity index (χ2v) is 7.98. The van der Waals surface area contributed by atoms with Crippen LogP contribution in [0.15, 0.2) is 0 Å². The molecule has 2 rings (SSSR count). The average Bonchev–Trinajstić information content (AvgIpc) is 2.53. The number of carbonyl (C=O) groups excluding carboxylic acids is 2. The fourth-order valence-electron chi connectivity index (χ4n) is 3.51. The largest absolute Gasteiger partial charge is 0.444 e. The van der Waals surface area contributed by atoms with E-state index in [1.807, 2.05) is 25.7 Å². The molecule has 2 heterocycles. The van der Waals surface area contributed by atoms with Gasteiger partial charge < -0.3 is 14.5 Å². The Labute approximate surface area is 140 Å². The summed E-state index contributed by atoms with van der Waals surface area (Å²) in [6, 6.07) is 0. The highest BCUT2D eigenvalue weighted by molar-refractivity contribution is 5.79. The van der Waals surface area contributed by atoms with Gasteiger partial charge >= 0.3 is 6.09 Å². The SMILES string of the molecule is CC(C(=O)N1CCCCC1)C1CCN(C(=O)OC(C)(C)C)CC1. The van der Waals surface area contributed by atoms with Gasteiger partial charge in [-0.25, -0.2) is 4.79 Å². The molecule has 2 amide bonds. The molecule has 0 N–H and O–H groups in total. The van der Waals surface area contributed by atoms with E-state index in [2.05, 4.69) is 6.92 Å². The summed E-state index contributed by atoms with van der Waals surface area (Å²) in [5.41, 5.74) is -0.453. The molecule has 0 radical (unpaired) electrons. The molecule has 0 aromatic carbocycles. The zero-order valence-electron chi connectivity index (χ0n) is 15.1. The van der Waals surface area contributed by atoms with Crippen molar-refractivity contribution in [3.05, 3.63) is 0 Å². The number of likely N-dealkylation sites (tertiary alicyclic amines) is 2. The van der Waals surface area contributed by atoms with E-state index >= 15 is 0 Å². The van der Waals surface area contributed by atoms with Crippen molar-refractivity contribution in [1.82, 2.24) is 9.80 Å². The van der Waals surface area contributed by atoms with E-state index < -0.39 is 5.60 Å². The highest BCUT2D eigenvalue weighted by atomic mass is 16.6. The van der Waals surface area contributed by atoms with Crippen LogP contribution in [0.4, 0.5) is 4.79 Å². The first kappa shape index (κ1) is 18.1. The first-order chi connectivity index (χ1) is 10.8. The summed E-state index contributed by atoms with van der Waals surface area (Å²) in [7, 11) is 0. The predicted molar refractivity (Wildman–Crippen MR) is 90.1 cm³/mol. The smallest absolute Gasteiger partial charge is 0.410 e. The zero-order valence-corrected chi connectivity index (χ0v) is 15.1. The van der Waals surface area contributed by atoms with E-state index in [1.54, 1.807) is 4.90 Å². The fourth-order valence-corrected chi connectivity index (χ4v) is 3.51. The molecule has 1 unspecified atom stereocenters. The maximum atomic E-state index is 12.6. The molecule has 0 spiro atoms. The van der Waals surface area contributed by atoms with Crippen LogP contribution in [-0.4, -0.2) is 53.6 Å². The highest BCUT2D eigenvalue weighted by Crippen LogP contribution is 2.28. The first-order valence-electron chi connectivity index (χ1n) is 9.04. The molecule has 132 valence electrons. The molecule has 2 aliphatic rings. The summed E-state index contributed by atoms with van der Waals surface area (Å²) in [5.74, 6) is 0.748. The lowest BCUT2D eigenvalue weighted by atomic mass is 9.84. The van der Waals surface area contributed by atoms with Crippen LogP contribution >= 0.6 is 0 Å². The number of rotatable bonds is 2. The standard InChI is InChI=1S/C18H32N2O3/c1-14(16(21)19-10-6-5-7-11-19)15-8-12-20(13-9-15)17(22)23-18(2,3)4/h14-15H,5-13H2,1-4H3. The number of carbonyl (C=O) groups is 2. The van der Waals surface area contributed by atoms with Crippen molar-refractivity contribution in [1.29, 1.82) is 0 Å². The first-order valence-corrected chi connectivity index (χ1v) is 9.04. The molecule has 0 aliphatic carbocycles. The second-order valence-electron chi connectivity index (χ2n) is 7.98. The Morgan fingerprint density at radius 2 is 1.52 bits per heavy atom. The average molecular weight is 324 g/mol. The summed E-state index contributed by atoms with van der Waals surface area (Å²) in [6.45, 7) is 10.9. The molecule has 2 saturated heterocycles. The minimum Gasteiger partial charge on any atom is -0.444 e. The van der Waals surface area contributed by atoms with E-state index in [1.165, 1.54) is 6.42 Å². The molecule has 5 nitrogen and oxygen atoms in total. The van der Waals surface area contributed by atoms with E-state index in [0.717, 1.165) is 38.8 Å². The Hall–Kier alpha value is -1.26. The van der Waals surface area contributed by atoms with Crippen LogP contribution in [0.5, 0.6) is 0 Å². The van der Waals surface area contributed by atoms with Gasteiger partial charge in [0.15, 0.2) is 0 Å². The highest BCUT2D eigenvalue weighted by Gasteiger charge is 2.33. The predicted octanol–water partition coefficient (Wildman–Crippen LogP) is 3.28. The zero-order chi connectivity index (χ0) is 17.0. The van der Waals surface area contributed by atoms with Gasteiger partial charge in [-0.15, -0.1) is 0 Å². The quantitative estimate of drug-likeness (QED) is 0.783. The molecule has 0 saturated carbocycles. The van der Waals surface area contributed by atoms with Crippen LogP contribution < -0.4 is 0 Å². The van der Waals surface area contributed by atoms with E-state index in [9.17, 15) is 9.59 Å². The summed E-state index contributed by atoms with van der Waals surface area (Å²) >= 11 is 0. The lowest BCUT2D eigenvalue weighted by molar-refractivity contribution is -0.138. The van der Waals surface area contributed by atoms with Gasteiger partial charge in [-0.2, -0.15) is 0 Å². The van der Waals surface area contributed by atoms with Crippen molar-refractivity contribution in [2.75, 3.05) is 26.2 Å². The van der Waals surface area contributed by atoms with Crippen molar-refractivity contribution >= 4 is 12.0 Å². The maximum Gasteiger partial charge on any atom is 0.410 e. The Morgan fingerprint density at radius 1 is 0.957 bits per heavy atom. The molecule has 2 fully saturated rings. The van der Waals surface area contributed by atoms with Gasteiger partial charge in [-0.1, -0.05) is 6.92 Å². The summed E-state index contributed by atoms with van der Waals surface area (Å²) in [5, 5.41) is 0. The third kappa shape index (κ3) is 5.11. The lowest BCUT2D eigenvalue weighted by Crippen LogP contribution is -2.46. The van der Waals surface area contributed by atoms with Crippen LogP contribution in [0.3, 0.4) is 0 Å². The van der Waals surface area contributed by atoms with Gasteiger partial charge in [0.2, 0.25) is 5.91 Å². The van der Waals surface area contributed by atoms with E-state index in [-0.39, 0.29) is 12.0 Å². The molecule has 0 aromatic rings. The Bertz CT molecular complexity index is 416. The molecule has 23 heavy (non-hydrogen) atoms. The Morgan fingerprint density at radius 3 is 2.04 bits per heavy atom. The van der Waals surface area contributed by atoms with E-state index in [0.29, 0.717) is 24.9 Å². The molecule has 5 heteroatoms. The summed E-state index contributed by atoms with van der Waals surface area (Å²) in [6.07, 6.45) is 5.06. The third-order valence-corrected chi connectivity index (χ3v) is 4.96. The van der Waals surface area contributed by atoms with Crippen LogP contribution in [0.2, 0.25) is 0 Å². The number of hydrogen-bond acceptors (Lipinski definition) is 3. The number of ether oxygens (including phenoxy) is 1. The normalized spacial score (nSPS) is 21.9. The Balaban J connectivity index is 1.81. The van der Waals surface area contributed by atoms with Crippen LogP contribution in [0.1, 0.15) is 59.8 Å². The molecular formula is C18H32N2O3. The minimum absolute atomic E-state index is 0.0638. The van der Waals surface area contributed by atoms with Crippen molar-refractivity contribution in [2.45, 2.75) is 65.4 Å². The van der Waals surface area contributed by atoms with Gasteiger partial charge in [0.25, 0.3) is 0 Å². The third-order valence-electron chi connectivity index (χ3n) is 4.96. The Kier molecular flexibility index (Phi) is 5.93. The van der Waals surface area contributed by atoms with Crippen LogP contribution in [0, 0.1) is 11.8 Å². The van der Waals surface area contributed by atoms with Gasteiger partial charge in [0.05, 0.1) is 0 Å². The second kappa shape index (κ2) is 7.54. The molecular weight excluding hydrogens is 292 g/mol. The molecule has 2 aliphatic heterocycles. The van der Waals surface area contributed by atoms with Crippen LogP contribution in [-0.2, 0) is 9.53 Å². The summed E-state index contributed by atoms with van der Waals surface area (Å²) < 4.78 is 5.43. The van der Waals surface area contributed by atoms with Crippen molar-refractivity contribution in [2.24, 2.45) is 11.8 Å². The van der Waals surface area contributed by atoms with Crippen molar-refractivity contribution in [3.8, 4) is 0 Å². The molecule has 1 atom stereocenters. The molecule has 0 bridgehead atoms. The van der Waals surface area contributed by atoms with Gasteiger partial charge in [0.1, 0.15) is 5.60 Å².